The zero-order valence-electron chi connectivity index (χ0n) is 15.4. The Bertz CT molecular complexity index is 206. The lowest BCUT2D eigenvalue weighted by molar-refractivity contribution is 0.0300. The van der Waals surface area contributed by atoms with E-state index >= 15 is 0 Å². The van der Waals surface area contributed by atoms with Crippen LogP contribution in [-0.4, -0.2) is 25.8 Å². The normalized spacial score (nSPS) is 14.6. The molecule has 0 saturated carbocycles. The van der Waals surface area contributed by atoms with Gasteiger partial charge in [-0.05, 0) is 25.3 Å². The van der Waals surface area contributed by atoms with E-state index in [-0.39, 0.29) is 0 Å². The van der Waals surface area contributed by atoms with Crippen LogP contribution < -0.4 is 5.32 Å². The lowest BCUT2D eigenvalue weighted by Crippen LogP contribution is -2.44. The maximum Gasteiger partial charge on any atom is 0.0747 e. The van der Waals surface area contributed by atoms with Crippen LogP contribution in [0.25, 0.3) is 0 Å². The molecule has 2 atom stereocenters. The van der Waals surface area contributed by atoms with Crippen molar-refractivity contribution < 1.29 is 4.74 Å². The van der Waals surface area contributed by atoms with Crippen molar-refractivity contribution in [1.82, 2.24) is 5.32 Å². The van der Waals surface area contributed by atoms with Gasteiger partial charge in [0.05, 0.1) is 6.10 Å². The monoisotopic (exact) mass is 299 g/mol. The number of hydrogen-bond donors (Lipinski definition) is 1. The van der Waals surface area contributed by atoms with Crippen molar-refractivity contribution in [2.45, 2.75) is 104 Å². The number of rotatable bonds is 15. The summed E-state index contributed by atoms with van der Waals surface area (Å²) in [6, 6.07) is 0.523. The van der Waals surface area contributed by atoms with Gasteiger partial charge in [0.15, 0.2) is 0 Å². The fraction of sp³-hybridized carbons (Fsp3) is 1.00. The first-order valence-electron chi connectivity index (χ1n) is 9.43. The minimum Gasteiger partial charge on any atom is -0.380 e. The maximum absolute atomic E-state index is 5.73. The predicted molar refractivity (Wildman–Crippen MR) is 94.9 cm³/mol. The molecule has 2 heteroatoms. The molecule has 0 aliphatic rings. The summed E-state index contributed by atoms with van der Waals surface area (Å²) >= 11 is 0. The molecule has 0 rings (SSSR count). The molecule has 2 unspecified atom stereocenters. The van der Waals surface area contributed by atoms with Crippen molar-refractivity contribution in [1.29, 1.82) is 0 Å². The first kappa shape index (κ1) is 20.9. The highest BCUT2D eigenvalue weighted by Crippen LogP contribution is 2.17. The second-order valence-electron chi connectivity index (χ2n) is 6.77. The van der Waals surface area contributed by atoms with E-state index in [1.807, 2.05) is 7.11 Å². The van der Waals surface area contributed by atoms with Gasteiger partial charge in [-0.2, -0.15) is 0 Å². The van der Waals surface area contributed by atoms with Gasteiger partial charge in [0.1, 0.15) is 0 Å². The van der Waals surface area contributed by atoms with Gasteiger partial charge in [-0.25, -0.2) is 0 Å². The molecule has 0 amide bonds. The van der Waals surface area contributed by atoms with Crippen LogP contribution in [-0.2, 0) is 4.74 Å². The summed E-state index contributed by atoms with van der Waals surface area (Å²) in [5.41, 5.74) is 0. The first-order valence-corrected chi connectivity index (χ1v) is 9.43. The SMILES string of the molecule is CCCCCCCCCCC(NCCC)C(OC)C(C)C. The number of unbranched alkanes of at least 4 members (excludes halogenated alkanes) is 7. The van der Waals surface area contributed by atoms with Crippen molar-refractivity contribution >= 4 is 0 Å². The van der Waals surface area contributed by atoms with Gasteiger partial charge in [0, 0.05) is 13.2 Å². The average molecular weight is 300 g/mol. The van der Waals surface area contributed by atoms with E-state index in [4.69, 9.17) is 4.74 Å². The van der Waals surface area contributed by atoms with Gasteiger partial charge in [-0.1, -0.05) is 79.1 Å². The highest BCUT2D eigenvalue weighted by Gasteiger charge is 2.23. The van der Waals surface area contributed by atoms with Gasteiger partial charge in [0.25, 0.3) is 0 Å². The quantitative estimate of drug-likeness (QED) is 0.400. The lowest BCUT2D eigenvalue weighted by Gasteiger charge is -2.30. The Kier molecular flexibility index (Phi) is 14.8. The summed E-state index contributed by atoms with van der Waals surface area (Å²) in [6.07, 6.45) is 14.0. The third-order valence-electron chi connectivity index (χ3n) is 4.35. The zero-order valence-corrected chi connectivity index (χ0v) is 15.4. The van der Waals surface area contributed by atoms with Gasteiger partial charge in [-0.15, -0.1) is 0 Å². The minimum absolute atomic E-state index is 0.348. The molecule has 21 heavy (non-hydrogen) atoms. The van der Waals surface area contributed by atoms with Gasteiger partial charge in [0.2, 0.25) is 0 Å². The molecule has 0 heterocycles. The van der Waals surface area contributed by atoms with Crippen molar-refractivity contribution in [2.75, 3.05) is 13.7 Å². The van der Waals surface area contributed by atoms with E-state index in [9.17, 15) is 0 Å². The number of ether oxygens (including phenoxy) is 1. The van der Waals surface area contributed by atoms with E-state index in [0.717, 1.165) is 6.54 Å². The molecular formula is C19H41NO. The summed E-state index contributed by atoms with van der Waals surface area (Å²) in [5.74, 6) is 0.582. The fourth-order valence-corrected chi connectivity index (χ4v) is 3.11. The highest BCUT2D eigenvalue weighted by molar-refractivity contribution is 4.79. The molecule has 0 bridgehead atoms. The van der Waals surface area contributed by atoms with Gasteiger partial charge < -0.3 is 10.1 Å². The summed E-state index contributed by atoms with van der Waals surface area (Å²) in [7, 11) is 1.86. The zero-order chi connectivity index (χ0) is 15.9. The standard InChI is InChI=1S/C19H41NO/c1-6-8-9-10-11-12-13-14-15-18(20-16-7-2)19(21-5)17(3)4/h17-20H,6-16H2,1-5H3. The number of hydrogen-bond acceptors (Lipinski definition) is 2. The molecule has 0 aromatic rings. The van der Waals surface area contributed by atoms with E-state index in [1.165, 1.54) is 64.2 Å². The lowest BCUT2D eigenvalue weighted by atomic mass is 9.94. The second kappa shape index (κ2) is 14.8. The summed E-state index contributed by atoms with van der Waals surface area (Å²) in [4.78, 5) is 0. The van der Waals surface area contributed by atoms with Crippen LogP contribution in [0.3, 0.4) is 0 Å². The molecule has 2 nitrogen and oxygen atoms in total. The van der Waals surface area contributed by atoms with E-state index in [2.05, 4.69) is 33.0 Å². The van der Waals surface area contributed by atoms with Crippen molar-refractivity contribution in [3.63, 3.8) is 0 Å². The third-order valence-corrected chi connectivity index (χ3v) is 4.35. The van der Waals surface area contributed by atoms with Crippen LogP contribution >= 0.6 is 0 Å². The van der Waals surface area contributed by atoms with Crippen LogP contribution in [0.15, 0.2) is 0 Å². The molecule has 0 fully saturated rings. The van der Waals surface area contributed by atoms with Crippen LogP contribution in [0.1, 0.15) is 91.9 Å². The molecule has 0 aromatic heterocycles. The molecule has 0 spiro atoms. The van der Waals surface area contributed by atoms with Crippen LogP contribution in [0.5, 0.6) is 0 Å². The summed E-state index contributed by atoms with van der Waals surface area (Å²) in [6.45, 7) is 10.2. The fourth-order valence-electron chi connectivity index (χ4n) is 3.11. The molecular weight excluding hydrogens is 258 g/mol. The van der Waals surface area contributed by atoms with E-state index in [0.29, 0.717) is 18.1 Å². The number of nitrogens with one attached hydrogen (secondary N) is 1. The Morgan fingerprint density at radius 1 is 0.810 bits per heavy atom. The van der Waals surface area contributed by atoms with Gasteiger partial charge >= 0.3 is 0 Å². The van der Waals surface area contributed by atoms with E-state index < -0.39 is 0 Å². The molecule has 1 N–H and O–H groups in total. The Hall–Kier alpha value is -0.0800. The maximum atomic E-state index is 5.73. The largest absolute Gasteiger partial charge is 0.380 e. The highest BCUT2D eigenvalue weighted by atomic mass is 16.5. The van der Waals surface area contributed by atoms with Crippen LogP contribution in [0.2, 0.25) is 0 Å². The molecule has 0 radical (unpaired) electrons. The molecule has 0 saturated heterocycles. The van der Waals surface area contributed by atoms with Crippen molar-refractivity contribution in [3.8, 4) is 0 Å². The van der Waals surface area contributed by atoms with Crippen LogP contribution in [0.4, 0.5) is 0 Å². The summed E-state index contributed by atoms with van der Waals surface area (Å²) in [5, 5.41) is 3.70. The average Bonchev–Trinajstić information content (AvgIpc) is 2.47. The first-order chi connectivity index (χ1) is 10.2. The second-order valence-corrected chi connectivity index (χ2v) is 6.77. The summed E-state index contributed by atoms with van der Waals surface area (Å²) < 4.78 is 5.73. The van der Waals surface area contributed by atoms with Crippen LogP contribution in [0, 0.1) is 5.92 Å². The molecule has 128 valence electrons. The molecule has 0 aliphatic carbocycles. The Balaban J connectivity index is 3.85. The Labute approximate surface area is 134 Å². The van der Waals surface area contributed by atoms with Crippen molar-refractivity contribution in [3.05, 3.63) is 0 Å². The van der Waals surface area contributed by atoms with E-state index in [1.54, 1.807) is 0 Å². The van der Waals surface area contributed by atoms with Gasteiger partial charge in [-0.3, -0.25) is 0 Å². The Morgan fingerprint density at radius 3 is 1.86 bits per heavy atom. The molecule has 0 aliphatic heterocycles. The number of methoxy groups -OCH3 is 1. The Morgan fingerprint density at radius 2 is 1.38 bits per heavy atom. The topological polar surface area (TPSA) is 21.3 Å². The predicted octanol–water partition coefficient (Wildman–Crippen LogP) is 5.56. The van der Waals surface area contributed by atoms with Crippen molar-refractivity contribution in [2.24, 2.45) is 5.92 Å². The minimum atomic E-state index is 0.348. The smallest absolute Gasteiger partial charge is 0.0747 e. The molecule has 0 aromatic carbocycles. The third kappa shape index (κ3) is 11.2.